The third kappa shape index (κ3) is 2.62. The van der Waals surface area contributed by atoms with Gasteiger partial charge in [0.25, 0.3) is 0 Å². The zero-order chi connectivity index (χ0) is 13.9. The minimum absolute atomic E-state index is 0.360. The summed E-state index contributed by atoms with van der Waals surface area (Å²) in [7, 11) is 0. The van der Waals surface area contributed by atoms with Crippen molar-refractivity contribution in [3.8, 4) is 11.5 Å². The van der Waals surface area contributed by atoms with Crippen LogP contribution < -0.4 is 9.47 Å². The molecule has 0 amide bonds. The van der Waals surface area contributed by atoms with Gasteiger partial charge < -0.3 is 13.9 Å². The number of benzene rings is 2. The first-order valence-electron chi connectivity index (χ1n) is 6.54. The first-order valence-corrected chi connectivity index (χ1v) is 6.54. The van der Waals surface area contributed by atoms with E-state index < -0.39 is 0 Å². The van der Waals surface area contributed by atoms with Gasteiger partial charge >= 0.3 is 0 Å². The Balaban J connectivity index is 0.000000121. The highest BCUT2D eigenvalue weighted by atomic mass is 16.7. The molecule has 0 aliphatic carbocycles. The second-order valence-corrected chi connectivity index (χ2v) is 4.75. The van der Waals surface area contributed by atoms with Crippen molar-refractivity contribution in [3.63, 3.8) is 0 Å². The zero-order valence-electron chi connectivity index (χ0n) is 11.6. The Labute approximate surface area is 117 Å². The maximum atomic E-state index is 5.37. The Morgan fingerprint density at radius 2 is 1.65 bits per heavy atom. The van der Waals surface area contributed by atoms with Gasteiger partial charge in [0, 0.05) is 5.39 Å². The molecule has 2 heterocycles. The molecule has 2 aromatic carbocycles. The standard InChI is InChI=1S/C9H8O.C8H8O2/c1-7-6-8-4-2-3-5-9(8)10-7;1-6-2-3-7-8(4-6)10-5-9-7/h2-6H,1H3;2-4H,5H2,1H3. The molecule has 0 spiro atoms. The van der Waals surface area contributed by atoms with Gasteiger partial charge in [-0.2, -0.15) is 0 Å². The van der Waals surface area contributed by atoms with Crippen LogP contribution in [-0.2, 0) is 0 Å². The summed E-state index contributed by atoms with van der Waals surface area (Å²) in [5.41, 5.74) is 2.17. The van der Waals surface area contributed by atoms with Gasteiger partial charge in [-0.1, -0.05) is 24.3 Å². The fraction of sp³-hybridized carbons (Fsp3) is 0.176. The van der Waals surface area contributed by atoms with Crippen LogP contribution in [0.2, 0.25) is 0 Å². The molecule has 102 valence electrons. The van der Waals surface area contributed by atoms with Crippen LogP contribution >= 0.6 is 0 Å². The highest BCUT2D eigenvalue weighted by Gasteiger charge is 2.11. The van der Waals surface area contributed by atoms with E-state index in [1.807, 2.05) is 62.4 Å². The van der Waals surface area contributed by atoms with Crippen LogP contribution in [0.25, 0.3) is 11.0 Å². The van der Waals surface area contributed by atoms with Crippen molar-refractivity contribution in [2.24, 2.45) is 0 Å². The molecule has 0 fully saturated rings. The van der Waals surface area contributed by atoms with Crippen LogP contribution in [-0.4, -0.2) is 6.79 Å². The number of hydrogen-bond acceptors (Lipinski definition) is 3. The predicted octanol–water partition coefficient (Wildman–Crippen LogP) is 4.46. The van der Waals surface area contributed by atoms with E-state index in [4.69, 9.17) is 13.9 Å². The van der Waals surface area contributed by atoms with Crippen LogP contribution in [0.3, 0.4) is 0 Å². The average molecular weight is 268 g/mol. The Hall–Kier alpha value is -2.42. The second kappa shape index (κ2) is 5.29. The van der Waals surface area contributed by atoms with Crippen LogP contribution in [0.5, 0.6) is 11.5 Å². The zero-order valence-corrected chi connectivity index (χ0v) is 11.6. The van der Waals surface area contributed by atoms with Gasteiger partial charge in [0.1, 0.15) is 11.3 Å². The number of hydrogen-bond donors (Lipinski definition) is 0. The third-order valence-corrected chi connectivity index (χ3v) is 3.08. The lowest BCUT2D eigenvalue weighted by molar-refractivity contribution is 0.174. The highest BCUT2D eigenvalue weighted by molar-refractivity contribution is 5.77. The number of ether oxygens (including phenoxy) is 2. The molecular weight excluding hydrogens is 252 g/mol. The van der Waals surface area contributed by atoms with Crippen LogP contribution in [0.15, 0.2) is 52.9 Å². The highest BCUT2D eigenvalue weighted by Crippen LogP contribution is 2.31. The van der Waals surface area contributed by atoms with Crippen molar-refractivity contribution in [1.82, 2.24) is 0 Å². The van der Waals surface area contributed by atoms with Gasteiger partial charge in [0.15, 0.2) is 11.5 Å². The Morgan fingerprint density at radius 3 is 2.50 bits per heavy atom. The Bertz CT molecular complexity index is 695. The van der Waals surface area contributed by atoms with Gasteiger partial charge in [0.05, 0.1) is 0 Å². The first-order chi connectivity index (χ1) is 9.72. The summed E-state index contributed by atoms with van der Waals surface area (Å²) in [5.74, 6) is 2.69. The number of aryl methyl sites for hydroxylation is 2. The second-order valence-electron chi connectivity index (χ2n) is 4.75. The monoisotopic (exact) mass is 268 g/mol. The minimum atomic E-state index is 0.360. The van der Waals surface area contributed by atoms with E-state index in [0.29, 0.717) is 6.79 Å². The molecule has 3 nitrogen and oxygen atoms in total. The predicted molar refractivity (Wildman–Crippen MR) is 78.3 cm³/mol. The number of rotatable bonds is 0. The van der Waals surface area contributed by atoms with E-state index in [1.54, 1.807) is 0 Å². The van der Waals surface area contributed by atoms with E-state index in [0.717, 1.165) is 22.8 Å². The molecule has 1 aromatic heterocycles. The lowest BCUT2D eigenvalue weighted by Crippen LogP contribution is -1.92. The first kappa shape index (κ1) is 12.6. The van der Waals surface area contributed by atoms with E-state index >= 15 is 0 Å². The fourth-order valence-corrected chi connectivity index (χ4v) is 2.12. The molecule has 1 aliphatic heterocycles. The smallest absolute Gasteiger partial charge is 0.231 e. The summed E-state index contributed by atoms with van der Waals surface area (Å²) < 4.78 is 15.7. The topological polar surface area (TPSA) is 31.6 Å². The van der Waals surface area contributed by atoms with Gasteiger partial charge in [0.2, 0.25) is 6.79 Å². The van der Waals surface area contributed by atoms with Crippen molar-refractivity contribution in [3.05, 3.63) is 59.9 Å². The van der Waals surface area contributed by atoms with Crippen molar-refractivity contribution >= 4 is 11.0 Å². The Morgan fingerprint density at radius 1 is 0.850 bits per heavy atom. The molecule has 0 atom stereocenters. The summed E-state index contributed by atoms with van der Waals surface area (Å²) in [6.07, 6.45) is 0. The van der Waals surface area contributed by atoms with E-state index in [2.05, 4.69) is 0 Å². The Kier molecular flexibility index (Phi) is 3.33. The van der Waals surface area contributed by atoms with Gasteiger partial charge in [-0.15, -0.1) is 0 Å². The fourth-order valence-electron chi connectivity index (χ4n) is 2.12. The summed E-state index contributed by atoms with van der Waals surface area (Å²) in [5, 5.41) is 1.18. The summed E-state index contributed by atoms with van der Waals surface area (Å²) in [4.78, 5) is 0. The molecule has 20 heavy (non-hydrogen) atoms. The normalized spacial score (nSPS) is 12.1. The quantitative estimate of drug-likeness (QED) is 0.603. The molecular formula is C17H16O3. The largest absolute Gasteiger partial charge is 0.461 e. The van der Waals surface area contributed by atoms with Crippen molar-refractivity contribution < 1.29 is 13.9 Å². The SMILES string of the molecule is Cc1cc2ccccc2o1.Cc1ccc2c(c1)OCO2. The van der Waals surface area contributed by atoms with E-state index in [-0.39, 0.29) is 0 Å². The maximum Gasteiger partial charge on any atom is 0.231 e. The molecule has 1 aliphatic rings. The van der Waals surface area contributed by atoms with Crippen molar-refractivity contribution in [2.45, 2.75) is 13.8 Å². The molecule has 0 N–H and O–H groups in total. The number of furan rings is 1. The molecule has 0 saturated carbocycles. The van der Waals surface area contributed by atoms with Crippen LogP contribution in [0.4, 0.5) is 0 Å². The molecule has 4 rings (SSSR count). The van der Waals surface area contributed by atoms with Gasteiger partial charge in [-0.05, 0) is 43.7 Å². The molecule has 3 heteroatoms. The summed E-state index contributed by atoms with van der Waals surface area (Å²) in [6, 6.07) is 16.0. The lowest BCUT2D eigenvalue weighted by atomic mass is 10.2. The lowest BCUT2D eigenvalue weighted by Gasteiger charge is -1.94. The molecule has 3 aromatic rings. The van der Waals surface area contributed by atoms with Gasteiger partial charge in [-0.25, -0.2) is 0 Å². The molecule has 0 unspecified atom stereocenters. The van der Waals surface area contributed by atoms with Gasteiger partial charge in [-0.3, -0.25) is 0 Å². The molecule has 0 bridgehead atoms. The molecule has 0 radical (unpaired) electrons. The van der Waals surface area contributed by atoms with E-state index in [9.17, 15) is 0 Å². The van der Waals surface area contributed by atoms with Crippen molar-refractivity contribution in [1.29, 1.82) is 0 Å². The third-order valence-electron chi connectivity index (χ3n) is 3.08. The van der Waals surface area contributed by atoms with Crippen molar-refractivity contribution in [2.75, 3.05) is 6.79 Å². The minimum Gasteiger partial charge on any atom is -0.461 e. The van der Waals surface area contributed by atoms with E-state index in [1.165, 1.54) is 10.9 Å². The number of fused-ring (bicyclic) bond motifs is 2. The maximum absolute atomic E-state index is 5.37. The summed E-state index contributed by atoms with van der Waals surface area (Å²) >= 11 is 0. The average Bonchev–Trinajstić information content (AvgIpc) is 3.03. The summed E-state index contributed by atoms with van der Waals surface area (Å²) in [6.45, 7) is 4.35. The van der Waals surface area contributed by atoms with Crippen LogP contribution in [0.1, 0.15) is 11.3 Å². The molecule has 0 saturated heterocycles. The van der Waals surface area contributed by atoms with Crippen LogP contribution in [0, 0.1) is 13.8 Å². The number of para-hydroxylation sites is 1.